The van der Waals surface area contributed by atoms with Crippen LogP contribution in [0.5, 0.6) is 0 Å². The standard InChI is InChI=1S/C61H56N8O11/c70-52(34-68(36-54(73)74)30-28-67(35-53(71)72)29-31-69(37-55(75)76)38-56(77)78)62-27-32-80-61(79)43-18-10-17-42(33-43)60-50-25-23-48(65-50)58(40-13-6-2-7-14-40)46-21-19-44(63-46)57(39-11-4-1-5-12-39)45-20-22-47(64-45)59(41-15-8-3-9-16-41)49-24-26-51(60)66-49/h1-26,33,63,66H,27-32,34-38H2,(H,62,70)(H,71,72)(H,73,74)(H,75,76)(H,77,78). The van der Waals surface area contributed by atoms with E-state index >= 15 is 0 Å². The fraction of sp³-hybridized carbons (Fsp3) is 0.180. The molecule has 406 valence electrons. The predicted octanol–water partition coefficient (Wildman–Crippen LogP) is 7.84. The SMILES string of the molecule is O=C(O)CN(CCN(CC(=O)O)CC(=O)O)CCN(CC(=O)O)CC(=O)NCCOC(=O)c1cccc(-c2c3nc(c(-c4ccccc4)c4ccc([nH]4)c(-c4ccccc4)c4nc(c(-c5ccccc5)c5ccc2[nH]5)C=C4)C=C3)c1. The second kappa shape index (κ2) is 25.6. The van der Waals surface area contributed by atoms with Gasteiger partial charge >= 0.3 is 29.8 Å². The Bertz CT molecular complexity index is 3640. The summed E-state index contributed by atoms with van der Waals surface area (Å²) in [5.74, 6) is -6.24. The van der Waals surface area contributed by atoms with Gasteiger partial charge < -0.3 is 40.4 Å². The monoisotopic (exact) mass is 1080 g/mol. The molecule has 0 unspecified atom stereocenters. The van der Waals surface area contributed by atoms with Crippen molar-refractivity contribution >= 4 is 82.1 Å². The van der Waals surface area contributed by atoms with Gasteiger partial charge in [-0.3, -0.25) is 38.7 Å². The predicted molar refractivity (Wildman–Crippen MR) is 304 cm³/mol. The van der Waals surface area contributed by atoms with Crippen LogP contribution in [0.25, 0.3) is 90.9 Å². The highest BCUT2D eigenvalue weighted by Gasteiger charge is 2.22. The summed E-state index contributed by atoms with van der Waals surface area (Å²) in [4.78, 5) is 94.8. The van der Waals surface area contributed by atoms with Crippen molar-refractivity contribution in [2.24, 2.45) is 0 Å². The maximum absolute atomic E-state index is 13.8. The van der Waals surface area contributed by atoms with E-state index in [2.05, 4.69) is 39.6 Å². The molecule has 19 heteroatoms. The van der Waals surface area contributed by atoms with Crippen molar-refractivity contribution in [2.75, 3.05) is 72.1 Å². The largest absolute Gasteiger partial charge is 0.480 e. The number of ether oxygens (including phenoxy) is 1. The number of amides is 1. The first kappa shape index (κ1) is 55.0. The van der Waals surface area contributed by atoms with Gasteiger partial charge in [0.25, 0.3) is 0 Å². The van der Waals surface area contributed by atoms with Gasteiger partial charge in [-0.2, -0.15) is 0 Å². The van der Waals surface area contributed by atoms with Gasteiger partial charge in [-0.25, -0.2) is 14.8 Å². The molecule has 1 amide bonds. The Hall–Kier alpha value is -9.82. The van der Waals surface area contributed by atoms with Crippen LogP contribution in [0.15, 0.2) is 140 Å². The van der Waals surface area contributed by atoms with Gasteiger partial charge in [0, 0.05) is 70.5 Å². The van der Waals surface area contributed by atoms with E-state index in [9.17, 15) is 49.2 Å². The zero-order valence-electron chi connectivity index (χ0n) is 43.2. The van der Waals surface area contributed by atoms with Crippen molar-refractivity contribution in [3.8, 4) is 44.5 Å². The van der Waals surface area contributed by atoms with E-state index < -0.39 is 68.5 Å². The minimum Gasteiger partial charge on any atom is -0.480 e. The lowest BCUT2D eigenvalue weighted by Crippen LogP contribution is -2.46. The summed E-state index contributed by atoms with van der Waals surface area (Å²) in [6.45, 7) is -3.25. The number of aliphatic carboxylic acids is 4. The minimum atomic E-state index is -1.26. The van der Waals surface area contributed by atoms with Crippen LogP contribution in [0.3, 0.4) is 0 Å². The number of rotatable bonds is 24. The first-order valence-electron chi connectivity index (χ1n) is 25.7. The van der Waals surface area contributed by atoms with Crippen molar-refractivity contribution in [1.82, 2.24) is 40.0 Å². The Kier molecular flexibility index (Phi) is 17.6. The first-order valence-corrected chi connectivity index (χ1v) is 25.7. The highest BCUT2D eigenvalue weighted by Crippen LogP contribution is 2.38. The van der Waals surface area contributed by atoms with Crippen LogP contribution < -0.4 is 5.32 Å². The molecule has 8 bridgehead atoms. The zero-order valence-corrected chi connectivity index (χ0v) is 43.2. The molecule has 0 saturated heterocycles. The van der Waals surface area contributed by atoms with Crippen molar-refractivity contribution < 1.29 is 53.9 Å². The van der Waals surface area contributed by atoms with E-state index in [-0.39, 0.29) is 44.9 Å². The molecule has 0 fully saturated rings. The Morgan fingerprint density at radius 1 is 0.425 bits per heavy atom. The van der Waals surface area contributed by atoms with E-state index in [4.69, 9.17) is 14.7 Å². The molecular weight excluding hydrogens is 1020 g/mol. The number of hydrogen-bond acceptors (Lipinski definition) is 12. The van der Waals surface area contributed by atoms with Gasteiger partial charge in [-0.05, 0) is 83.0 Å². The Morgan fingerprint density at radius 2 is 0.775 bits per heavy atom. The fourth-order valence-corrected chi connectivity index (χ4v) is 9.74. The summed E-state index contributed by atoms with van der Waals surface area (Å²) in [7, 11) is 0. The van der Waals surface area contributed by atoms with Crippen molar-refractivity contribution in [3.63, 3.8) is 0 Å². The number of carbonyl (C=O) groups excluding carboxylic acids is 2. The molecule has 2 aliphatic rings. The van der Waals surface area contributed by atoms with Gasteiger partial charge in [0.1, 0.15) is 6.61 Å². The van der Waals surface area contributed by atoms with Crippen LogP contribution in [0.2, 0.25) is 0 Å². The second-order valence-corrected chi connectivity index (χ2v) is 18.9. The quantitative estimate of drug-likeness (QED) is 0.0224. The van der Waals surface area contributed by atoms with Crippen LogP contribution in [0.1, 0.15) is 33.1 Å². The molecule has 0 spiro atoms. The van der Waals surface area contributed by atoms with Gasteiger partial charge in [0.15, 0.2) is 0 Å². The summed E-state index contributed by atoms with van der Waals surface area (Å²) >= 11 is 0. The molecule has 0 aliphatic carbocycles. The van der Waals surface area contributed by atoms with Crippen molar-refractivity contribution in [1.29, 1.82) is 0 Å². The average Bonchev–Trinajstić information content (AvgIpc) is 4.40. The number of aromatic nitrogens is 4. The van der Waals surface area contributed by atoms with E-state index in [1.165, 1.54) is 9.80 Å². The molecule has 3 aromatic heterocycles. The first-order chi connectivity index (χ1) is 38.8. The topological polar surface area (TPSA) is 272 Å². The molecule has 2 aliphatic heterocycles. The van der Waals surface area contributed by atoms with Crippen molar-refractivity contribution in [2.45, 2.75) is 0 Å². The molecule has 4 aromatic carbocycles. The van der Waals surface area contributed by atoms with Crippen LogP contribution in [-0.4, -0.2) is 163 Å². The number of carboxylic acids is 4. The van der Waals surface area contributed by atoms with Crippen LogP contribution in [-0.2, 0) is 28.7 Å². The Balaban J connectivity index is 0.996. The Morgan fingerprint density at radius 3 is 1.18 bits per heavy atom. The number of fused-ring (bicyclic) bond motifs is 8. The molecular formula is C61H56N8O11. The third-order valence-electron chi connectivity index (χ3n) is 13.3. The summed E-state index contributed by atoms with van der Waals surface area (Å²) in [6.07, 6.45) is 8.03. The number of esters is 1. The number of benzene rings is 4. The highest BCUT2D eigenvalue weighted by molar-refractivity contribution is 6.01. The third kappa shape index (κ3) is 13.8. The summed E-state index contributed by atoms with van der Waals surface area (Å²) < 4.78 is 5.65. The summed E-state index contributed by atoms with van der Waals surface area (Å²) in [5, 5.41) is 40.1. The fourth-order valence-electron chi connectivity index (χ4n) is 9.74. The summed E-state index contributed by atoms with van der Waals surface area (Å²) in [5.41, 5.74) is 13.3. The van der Waals surface area contributed by atoms with Crippen LogP contribution in [0, 0.1) is 0 Å². The number of carboxylic acid groups (broad SMARTS) is 4. The minimum absolute atomic E-state index is 0.0402. The van der Waals surface area contributed by atoms with Gasteiger partial charge in [0.2, 0.25) is 5.91 Å². The van der Waals surface area contributed by atoms with Gasteiger partial charge in [0.05, 0.1) is 67.6 Å². The van der Waals surface area contributed by atoms with Crippen molar-refractivity contribution in [3.05, 3.63) is 168 Å². The molecule has 0 radical (unpaired) electrons. The van der Waals surface area contributed by atoms with E-state index in [1.54, 1.807) is 18.2 Å². The maximum atomic E-state index is 13.8. The lowest BCUT2D eigenvalue weighted by molar-refractivity contribution is -0.143. The molecule has 5 heterocycles. The smallest absolute Gasteiger partial charge is 0.338 e. The van der Waals surface area contributed by atoms with Gasteiger partial charge in [-0.1, -0.05) is 103 Å². The third-order valence-corrected chi connectivity index (χ3v) is 13.3. The van der Waals surface area contributed by atoms with E-state index in [1.807, 2.05) is 121 Å². The van der Waals surface area contributed by atoms with Crippen LogP contribution in [0.4, 0.5) is 0 Å². The number of carbonyl (C=O) groups is 6. The lowest BCUT2D eigenvalue weighted by Gasteiger charge is -2.27. The summed E-state index contributed by atoms with van der Waals surface area (Å²) in [6, 6.07) is 45.4. The molecule has 9 rings (SSSR count). The normalized spacial score (nSPS) is 11.8. The molecule has 80 heavy (non-hydrogen) atoms. The molecule has 0 atom stereocenters. The average molecular weight is 1080 g/mol. The van der Waals surface area contributed by atoms with E-state index in [0.29, 0.717) is 22.5 Å². The van der Waals surface area contributed by atoms with Gasteiger partial charge in [-0.15, -0.1) is 0 Å². The van der Waals surface area contributed by atoms with Crippen LogP contribution >= 0.6 is 0 Å². The zero-order chi connectivity index (χ0) is 56.1. The number of nitrogens with one attached hydrogen (secondary N) is 3. The number of nitrogens with zero attached hydrogens (tertiary/aromatic N) is 5. The number of aromatic amines is 2. The molecule has 7 N–H and O–H groups in total. The highest BCUT2D eigenvalue weighted by atomic mass is 16.5. The maximum Gasteiger partial charge on any atom is 0.338 e. The number of H-pyrrole nitrogens is 2. The second-order valence-electron chi connectivity index (χ2n) is 18.9. The molecule has 0 saturated carbocycles. The molecule has 19 nitrogen and oxygen atoms in total. The molecule has 7 aromatic rings. The lowest BCUT2D eigenvalue weighted by atomic mass is 10.0. The van der Waals surface area contributed by atoms with E-state index in [0.717, 1.165) is 71.7 Å². The Labute approximate surface area is 458 Å². The number of hydrogen-bond donors (Lipinski definition) is 7.